The molecule has 0 spiro atoms. The van der Waals surface area contributed by atoms with Crippen LogP contribution in [0.15, 0.2) is 18.2 Å². The van der Waals surface area contributed by atoms with Gasteiger partial charge in [-0.05, 0) is 55.6 Å². The fraction of sp³-hybridized carbons (Fsp3) is 0.625. The first-order valence-electron chi connectivity index (χ1n) is 7.53. The Morgan fingerprint density at radius 2 is 2.10 bits per heavy atom. The van der Waals surface area contributed by atoms with Crippen LogP contribution >= 0.6 is 11.6 Å². The van der Waals surface area contributed by atoms with Crippen LogP contribution in [0, 0.1) is 11.7 Å². The molecule has 20 heavy (non-hydrogen) atoms. The third-order valence-corrected chi connectivity index (χ3v) is 4.80. The van der Waals surface area contributed by atoms with Gasteiger partial charge >= 0.3 is 0 Å². The van der Waals surface area contributed by atoms with Gasteiger partial charge in [0.05, 0.1) is 0 Å². The second kappa shape index (κ2) is 7.39. The van der Waals surface area contributed by atoms with Crippen LogP contribution < -0.4 is 5.73 Å². The van der Waals surface area contributed by atoms with E-state index in [9.17, 15) is 4.39 Å². The lowest BCUT2D eigenvalue weighted by Gasteiger charge is -2.39. The van der Waals surface area contributed by atoms with Gasteiger partial charge in [0.25, 0.3) is 0 Å². The number of halogens is 2. The Labute approximate surface area is 126 Å². The summed E-state index contributed by atoms with van der Waals surface area (Å²) in [4.78, 5) is 2.40. The third kappa shape index (κ3) is 3.72. The van der Waals surface area contributed by atoms with Crippen LogP contribution in [0.1, 0.15) is 38.2 Å². The lowest BCUT2D eigenvalue weighted by atomic mass is 9.83. The number of hydrogen-bond donors (Lipinski definition) is 1. The van der Waals surface area contributed by atoms with E-state index in [1.54, 1.807) is 12.1 Å². The second-order valence-corrected chi connectivity index (χ2v) is 6.05. The van der Waals surface area contributed by atoms with Crippen LogP contribution in [0.25, 0.3) is 0 Å². The zero-order valence-electron chi connectivity index (χ0n) is 12.1. The average Bonchev–Trinajstić information content (AvgIpc) is 2.48. The van der Waals surface area contributed by atoms with E-state index in [4.69, 9.17) is 17.3 Å². The van der Waals surface area contributed by atoms with Gasteiger partial charge in [-0.3, -0.25) is 4.90 Å². The molecular weight excluding hydrogens is 275 g/mol. The fourth-order valence-electron chi connectivity index (χ4n) is 3.29. The minimum Gasteiger partial charge on any atom is -0.330 e. The summed E-state index contributed by atoms with van der Waals surface area (Å²) in [5.41, 5.74) is 6.79. The Morgan fingerprint density at radius 1 is 1.35 bits per heavy atom. The molecule has 2 atom stereocenters. The van der Waals surface area contributed by atoms with E-state index in [1.165, 1.54) is 31.7 Å². The summed E-state index contributed by atoms with van der Waals surface area (Å²) >= 11 is 6.19. The molecule has 4 heteroatoms. The summed E-state index contributed by atoms with van der Waals surface area (Å²) in [7, 11) is 0. The summed E-state index contributed by atoms with van der Waals surface area (Å²) < 4.78 is 13.4. The topological polar surface area (TPSA) is 29.3 Å². The third-order valence-electron chi connectivity index (χ3n) is 4.43. The van der Waals surface area contributed by atoms with Crippen molar-refractivity contribution in [3.05, 3.63) is 34.6 Å². The molecule has 1 fully saturated rings. The molecule has 0 aromatic heterocycles. The van der Waals surface area contributed by atoms with E-state index in [2.05, 4.69) is 11.8 Å². The Morgan fingerprint density at radius 3 is 2.80 bits per heavy atom. The van der Waals surface area contributed by atoms with Crippen molar-refractivity contribution in [2.75, 3.05) is 13.1 Å². The van der Waals surface area contributed by atoms with Gasteiger partial charge in [-0.1, -0.05) is 31.4 Å². The van der Waals surface area contributed by atoms with Crippen LogP contribution in [0.3, 0.4) is 0 Å². The molecule has 0 amide bonds. The van der Waals surface area contributed by atoms with E-state index >= 15 is 0 Å². The minimum atomic E-state index is -0.223. The molecule has 2 unspecified atom stereocenters. The van der Waals surface area contributed by atoms with Gasteiger partial charge in [-0.2, -0.15) is 0 Å². The van der Waals surface area contributed by atoms with Gasteiger partial charge in [0.15, 0.2) is 0 Å². The normalized spacial score (nSPS) is 23.2. The first kappa shape index (κ1) is 15.7. The lowest BCUT2D eigenvalue weighted by Crippen LogP contribution is -2.44. The SMILES string of the molecule is CCN(Cc1cc(F)ccc1Cl)C1CCCCC1CN. The zero-order chi connectivity index (χ0) is 14.5. The Hall–Kier alpha value is -0.640. The zero-order valence-corrected chi connectivity index (χ0v) is 12.9. The van der Waals surface area contributed by atoms with Crippen molar-refractivity contribution >= 4 is 11.6 Å². The summed E-state index contributed by atoms with van der Waals surface area (Å²) in [5, 5.41) is 0.643. The van der Waals surface area contributed by atoms with Crippen LogP contribution in [0.2, 0.25) is 5.02 Å². The molecule has 0 saturated heterocycles. The fourth-order valence-corrected chi connectivity index (χ4v) is 3.47. The molecule has 112 valence electrons. The number of benzene rings is 1. The highest BCUT2D eigenvalue weighted by Gasteiger charge is 2.28. The van der Waals surface area contributed by atoms with Crippen LogP contribution in [-0.2, 0) is 6.54 Å². The van der Waals surface area contributed by atoms with E-state index < -0.39 is 0 Å². The van der Waals surface area contributed by atoms with Gasteiger partial charge in [0.2, 0.25) is 0 Å². The standard InChI is InChI=1S/C16H24ClFN2/c1-2-20(16-6-4-3-5-12(16)10-19)11-13-9-14(18)7-8-15(13)17/h7-9,12,16H,2-6,10-11,19H2,1H3. The number of nitrogens with two attached hydrogens (primary N) is 1. The Balaban J connectivity index is 2.13. The van der Waals surface area contributed by atoms with Crippen molar-refractivity contribution in [1.29, 1.82) is 0 Å². The van der Waals surface area contributed by atoms with E-state index in [0.29, 0.717) is 23.5 Å². The molecule has 1 aromatic carbocycles. The van der Waals surface area contributed by atoms with Gasteiger partial charge in [0, 0.05) is 17.6 Å². The quantitative estimate of drug-likeness (QED) is 0.895. The second-order valence-electron chi connectivity index (χ2n) is 5.65. The largest absolute Gasteiger partial charge is 0.330 e. The average molecular weight is 299 g/mol. The van der Waals surface area contributed by atoms with Crippen LogP contribution in [-0.4, -0.2) is 24.0 Å². The van der Waals surface area contributed by atoms with Crippen molar-refractivity contribution in [2.45, 2.75) is 45.2 Å². The van der Waals surface area contributed by atoms with E-state index in [-0.39, 0.29) is 5.82 Å². The molecular formula is C16H24ClFN2. The highest BCUT2D eigenvalue weighted by molar-refractivity contribution is 6.31. The minimum absolute atomic E-state index is 0.223. The number of hydrogen-bond acceptors (Lipinski definition) is 2. The molecule has 0 radical (unpaired) electrons. The molecule has 0 bridgehead atoms. The summed E-state index contributed by atoms with van der Waals surface area (Å²) in [5.74, 6) is 0.329. The molecule has 2 N–H and O–H groups in total. The van der Waals surface area contributed by atoms with Crippen molar-refractivity contribution < 1.29 is 4.39 Å². The maximum Gasteiger partial charge on any atom is 0.123 e. The van der Waals surface area contributed by atoms with Gasteiger partial charge in [-0.15, -0.1) is 0 Å². The maximum atomic E-state index is 13.4. The van der Waals surface area contributed by atoms with E-state index in [0.717, 1.165) is 18.7 Å². The van der Waals surface area contributed by atoms with E-state index in [1.807, 2.05) is 0 Å². The molecule has 1 saturated carbocycles. The smallest absolute Gasteiger partial charge is 0.123 e. The molecule has 0 aliphatic heterocycles. The Kier molecular flexibility index (Phi) is 5.82. The van der Waals surface area contributed by atoms with Crippen LogP contribution in [0.4, 0.5) is 4.39 Å². The summed E-state index contributed by atoms with van der Waals surface area (Å²) in [6, 6.07) is 5.09. The summed E-state index contributed by atoms with van der Waals surface area (Å²) in [6.45, 7) is 4.52. The maximum absolute atomic E-state index is 13.4. The highest BCUT2D eigenvalue weighted by Crippen LogP contribution is 2.30. The molecule has 2 rings (SSSR count). The Bertz CT molecular complexity index is 438. The molecule has 2 nitrogen and oxygen atoms in total. The van der Waals surface area contributed by atoms with Crippen molar-refractivity contribution in [3.8, 4) is 0 Å². The van der Waals surface area contributed by atoms with Crippen LogP contribution in [0.5, 0.6) is 0 Å². The monoisotopic (exact) mass is 298 g/mol. The predicted molar refractivity (Wildman–Crippen MR) is 82.3 cm³/mol. The molecule has 1 aliphatic rings. The first-order valence-corrected chi connectivity index (χ1v) is 7.91. The molecule has 0 heterocycles. The van der Waals surface area contributed by atoms with Crippen molar-refractivity contribution in [3.63, 3.8) is 0 Å². The number of rotatable bonds is 5. The van der Waals surface area contributed by atoms with Gasteiger partial charge < -0.3 is 5.73 Å². The van der Waals surface area contributed by atoms with Gasteiger partial charge in [-0.25, -0.2) is 4.39 Å². The predicted octanol–water partition coefficient (Wildman–Crippen LogP) is 3.82. The first-order chi connectivity index (χ1) is 9.65. The molecule has 1 aliphatic carbocycles. The molecule has 1 aromatic rings. The van der Waals surface area contributed by atoms with Gasteiger partial charge in [0.1, 0.15) is 5.82 Å². The van der Waals surface area contributed by atoms with Crippen molar-refractivity contribution in [2.24, 2.45) is 11.7 Å². The summed E-state index contributed by atoms with van der Waals surface area (Å²) in [6.07, 6.45) is 4.92. The lowest BCUT2D eigenvalue weighted by molar-refractivity contribution is 0.105. The highest BCUT2D eigenvalue weighted by atomic mass is 35.5. The van der Waals surface area contributed by atoms with Crippen molar-refractivity contribution in [1.82, 2.24) is 4.90 Å². The number of nitrogens with zero attached hydrogens (tertiary/aromatic N) is 1.